The minimum atomic E-state index is -0.657. The summed E-state index contributed by atoms with van der Waals surface area (Å²) in [4.78, 5) is 25.8. The number of hydrogen-bond donors (Lipinski definition) is 1. The number of hydrogen-bond acceptors (Lipinski definition) is 9. The number of amides is 1. The van der Waals surface area contributed by atoms with Gasteiger partial charge in [0.2, 0.25) is 0 Å². The SMILES string of the molecule is CC(C)Cn1cc(-c2cc3c(N(C(=O)c4ccc(-n5nnc6cccnc65)cc4F)[C@@H]4CCCNC4)nccc3s2)nn1. The van der Waals surface area contributed by atoms with Gasteiger partial charge in [-0.25, -0.2) is 14.4 Å². The van der Waals surface area contributed by atoms with Crippen LogP contribution in [0.5, 0.6) is 0 Å². The first kappa shape index (κ1) is 27.2. The Bertz CT molecular complexity index is 1940. The molecule has 11 nitrogen and oxygen atoms in total. The van der Waals surface area contributed by atoms with Crippen LogP contribution in [-0.4, -0.2) is 65.0 Å². The van der Waals surface area contributed by atoms with Crippen molar-refractivity contribution >= 4 is 44.3 Å². The Balaban J connectivity index is 1.27. The fourth-order valence-corrected chi connectivity index (χ4v) is 6.51. The minimum absolute atomic E-state index is 0.0439. The number of carbonyl (C=O) groups is 1. The molecule has 1 atom stereocenters. The third-order valence-electron chi connectivity index (χ3n) is 7.49. The van der Waals surface area contributed by atoms with Crippen LogP contribution in [0.15, 0.2) is 61.1 Å². The summed E-state index contributed by atoms with van der Waals surface area (Å²) in [5, 5.41) is 21.1. The van der Waals surface area contributed by atoms with Crippen molar-refractivity contribution in [3.63, 3.8) is 0 Å². The first-order valence-corrected chi connectivity index (χ1v) is 15.1. The molecule has 1 N–H and O–H groups in total. The van der Waals surface area contributed by atoms with Crippen molar-refractivity contribution in [1.82, 2.24) is 45.3 Å². The largest absolute Gasteiger partial charge is 0.315 e. The number of carbonyl (C=O) groups excluding carboxylic acids is 1. The maximum Gasteiger partial charge on any atom is 0.262 e. The number of thiophene rings is 1. The van der Waals surface area contributed by atoms with Gasteiger partial charge in [0.1, 0.15) is 22.8 Å². The summed E-state index contributed by atoms with van der Waals surface area (Å²) < 4.78 is 20.1. The number of anilines is 1. The van der Waals surface area contributed by atoms with E-state index >= 15 is 4.39 Å². The van der Waals surface area contributed by atoms with Gasteiger partial charge >= 0.3 is 0 Å². The van der Waals surface area contributed by atoms with Crippen LogP contribution < -0.4 is 10.2 Å². The topological polar surface area (TPSA) is 120 Å². The summed E-state index contributed by atoms with van der Waals surface area (Å²) >= 11 is 1.57. The predicted molar refractivity (Wildman–Crippen MR) is 163 cm³/mol. The highest BCUT2D eigenvalue weighted by Gasteiger charge is 2.32. The Hall–Kier alpha value is -4.62. The molecule has 1 fully saturated rings. The molecule has 1 amide bonds. The molecule has 0 bridgehead atoms. The van der Waals surface area contributed by atoms with Crippen LogP contribution in [0.25, 0.3) is 37.5 Å². The molecular weight excluding hydrogens is 567 g/mol. The lowest BCUT2D eigenvalue weighted by Crippen LogP contribution is -2.49. The van der Waals surface area contributed by atoms with Crippen LogP contribution in [0, 0.1) is 11.7 Å². The zero-order chi connectivity index (χ0) is 29.5. The van der Waals surface area contributed by atoms with Crippen LogP contribution in [0.3, 0.4) is 0 Å². The summed E-state index contributed by atoms with van der Waals surface area (Å²) in [5.74, 6) is -0.160. The lowest BCUT2D eigenvalue weighted by molar-refractivity contribution is 0.0968. The van der Waals surface area contributed by atoms with E-state index in [4.69, 9.17) is 4.98 Å². The number of nitrogens with zero attached hydrogens (tertiary/aromatic N) is 9. The zero-order valence-corrected chi connectivity index (χ0v) is 24.5. The number of halogens is 1. The molecule has 1 aliphatic heterocycles. The molecule has 1 aromatic carbocycles. The van der Waals surface area contributed by atoms with Crippen molar-refractivity contribution in [2.75, 3.05) is 18.0 Å². The minimum Gasteiger partial charge on any atom is -0.315 e. The van der Waals surface area contributed by atoms with E-state index in [1.807, 2.05) is 23.0 Å². The molecule has 7 rings (SSSR count). The fourth-order valence-electron chi connectivity index (χ4n) is 5.51. The summed E-state index contributed by atoms with van der Waals surface area (Å²) in [6.07, 6.45) is 6.94. The Morgan fingerprint density at radius 2 is 2.05 bits per heavy atom. The second kappa shape index (κ2) is 11.2. The van der Waals surface area contributed by atoms with E-state index in [1.165, 1.54) is 16.8 Å². The molecule has 0 spiro atoms. The van der Waals surface area contributed by atoms with Gasteiger partial charge in [0, 0.05) is 41.6 Å². The highest BCUT2D eigenvalue weighted by atomic mass is 32.1. The molecule has 0 unspecified atom stereocenters. The lowest BCUT2D eigenvalue weighted by Gasteiger charge is -2.34. The fraction of sp³-hybridized carbons (Fsp3) is 0.300. The molecule has 13 heteroatoms. The van der Waals surface area contributed by atoms with Crippen molar-refractivity contribution in [1.29, 1.82) is 0 Å². The van der Waals surface area contributed by atoms with Crippen LogP contribution >= 0.6 is 11.3 Å². The van der Waals surface area contributed by atoms with E-state index in [1.54, 1.807) is 46.8 Å². The molecule has 0 aliphatic carbocycles. The van der Waals surface area contributed by atoms with Gasteiger partial charge in [-0.2, -0.15) is 4.68 Å². The van der Waals surface area contributed by atoms with Gasteiger partial charge in [0.15, 0.2) is 5.65 Å². The highest BCUT2D eigenvalue weighted by Crippen LogP contribution is 2.38. The van der Waals surface area contributed by atoms with E-state index in [0.717, 1.165) is 46.6 Å². The summed E-state index contributed by atoms with van der Waals surface area (Å²) in [5.41, 5.74) is 2.24. The summed E-state index contributed by atoms with van der Waals surface area (Å²) in [7, 11) is 0. The van der Waals surface area contributed by atoms with Crippen LogP contribution in [0.2, 0.25) is 0 Å². The second-order valence-electron chi connectivity index (χ2n) is 11.1. The smallest absolute Gasteiger partial charge is 0.262 e. The van der Waals surface area contributed by atoms with Crippen LogP contribution in [0.1, 0.15) is 37.0 Å². The molecule has 0 saturated carbocycles. The maximum absolute atomic E-state index is 15.8. The van der Waals surface area contributed by atoms with Gasteiger partial charge in [-0.1, -0.05) is 24.3 Å². The second-order valence-corrected chi connectivity index (χ2v) is 12.1. The van der Waals surface area contributed by atoms with Crippen LogP contribution in [-0.2, 0) is 6.54 Å². The van der Waals surface area contributed by atoms with Crippen molar-refractivity contribution in [2.24, 2.45) is 5.92 Å². The molecule has 6 heterocycles. The maximum atomic E-state index is 15.8. The molecular formula is C30H29FN10OS. The van der Waals surface area contributed by atoms with E-state index in [0.29, 0.717) is 35.1 Å². The molecule has 5 aromatic heterocycles. The predicted octanol–water partition coefficient (Wildman–Crippen LogP) is 4.88. The number of aromatic nitrogens is 8. The number of nitrogens with one attached hydrogen (secondary N) is 1. The van der Waals surface area contributed by atoms with E-state index < -0.39 is 11.7 Å². The quantitative estimate of drug-likeness (QED) is 0.277. The van der Waals surface area contributed by atoms with E-state index in [9.17, 15) is 4.79 Å². The first-order chi connectivity index (χ1) is 21.0. The average molecular weight is 597 g/mol. The number of rotatable bonds is 7. The number of benzene rings is 1. The highest BCUT2D eigenvalue weighted by molar-refractivity contribution is 7.22. The van der Waals surface area contributed by atoms with E-state index in [-0.39, 0.29) is 11.6 Å². The molecule has 218 valence electrons. The van der Waals surface area contributed by atoms with E-state index in [2.05, 4.69) is 44.8 Å². The molecule has 6 aromatic rings. The monoisotopic (exact) mass is 596 g/mol. The lowest BCUT2D eigenvalue weighted by atomic mass is 10.0. The van der Waals surface area contributed by atoms with Gasteiger partial charge < -0.3 is 5.32 Å². The van der Waals surface area contributed by atoms with Gasteiger partial charge in [-0.3, -0.25) is 14.4 Å². The van der Waals surface area contributed by atoms with Gasteiger partial charge in [-0.15, -0.1) is 21.5 Å². The molecule has 43 heavy (non-hydrogen) atoms. The third kappa shape index (κ3) is 5.14. The molecule has 1 saturated heterocycles. The summed E-state index contributed by atoms with van der Waals surface area (Å²) in [6.45, 7) is 6.49. The number of fused-ring (bicyclic) bond motifs is 2. The molecule has 0 radical (unpaired) electrons. The standard InChI is InChI=1S/C30H29FN10OS/c1-18(2)16-39-17-25(36-37-39)27-14-22-26(43-27)9-12-34-28(22)40(20-5-3-10-32-15-20)30(42)21-8-7-19(13-23(21)31)41-29-24(35-38-41)6-4-11-33-29/h4,6-9,11-14,17-18,20,32H,3,5,10,15-16H2,1-2H3/t20-/m1/s1. The zero-order valence-electron chi connectivity index (χ0n) is 23.7. The Morgan fingerprint density at radius 1 is 1.14 bits per heavy atom. The van der Waals surface area contributed by atoms with Crippen molar-refractivity contribution in [2.45, 2.75) is 39.3 Å². The Labute approximate surface area is 250 Å². The Kier molecular flexibility index (Phi) is 7.11. The third-order valence-corrected chi connectivity index (χ3v) is 8.61. The number of piperidine rings is 1. The normalized spacial score (nSPS) is 15.5. The Morgan fingerprint density at radius 3 is 2.86 bits per heavy atom. The van der Waals surface area contributed by atoms with Crippen molar-refractivity contribution in [3.05, 3.63) is 72.4 Å². The van der Waals surface area contributed by atoms with Crippen molar-refractivity contribution in [3.8, 4) is 16.3 Å². The van der Waals surface area contributed by atoms with Gasteiger partial charge in [-0.05, 0) is 61.7 Å². The van der Waals surface area contributed by atoms with Crippen LogP contribution in [0.4, 0.5) is 10.2 Å². The number of pyridine rings is 2. The average Bonchev–Trinajstić information content (AvgIpc) is 3.76. The van der Waals surface area contributed by atoms with Gasteiger partial charge in [0.05, 0.1) is 28.4 Å². The first-order valence-electron chi connectivity index (χ1n) is 14.3. The summed E-state index contributed by atoms with van der Waals surface area (Å²) in [6, 6.07) is 11.7. The molecule has 1 aliphatic rings. The van der Waals surface area contributed by atoms with Crippen molar-refractivity contribution < 1.29 is 9.18 Å². The van der Waals surface area contributed by atoms with Gasteiger partial charge in [0.25, 0.3) is 5.91 Å².